The van der Waals surface area contributed by atoms with E-state index in [0.717, 1.165) is 116 Å². The highest BCUT2D eigenvalue weighted by Gasteiger charge is 2.17. The van der Waals surface area contributed by atoms with Crippen LogP contribution in [0.5, 0.6) is 0 Å². The fraction of sp³-hybridized carbons (Fsp3) is 0.912. The molecule has 0 aromatic heterocycles. The SMILES string of the molecule is CCCCCCCC/C=C\CCCCCCCC(=O)OCCN(CCOC(=O)OC(CCCCCC)CCCCCCCCC(=O)OCC(CCCC)CCCCCC)CCN(CC)CC. The molecule has 0 saturated heterocycles. The van der Waals surface area contributed by atoms with Gasteiger partial charge < -0.3 is 23.8 Å². The standard InChI is InChI=1S/C57H110N2O7/c1-7-13-17-20-21-22-23-24-25-26-27-28-29-33-38-44-55(60)63-50-48-59(47-46-58(11-5)12-6)49-51-64-57(62)66-54(42-36-19-15-9-3)43-37-32-30-31-34-39-45-56(61)65-52-53(40-16-10-4)41-35-18-14-8-2/h24-25,53-54H,7-23,26-52H2,1-6H3/b25-24-. The molecule has 2 unspecified atom stereocenters. The molecule has 2 atom stereocenters. The third kappa shape index (κ3) is 44.4. The molecule has 0 rings (SSSR count). The highest BCUT2D eigenvalue weighted by Crippen LogP contribution is 2.20. The van der Waals surface area contributed by atoms with E-state index in [1.165, 1.54) is 122 Å². The summed E-state index contributed by atoms with van der Waals surface area (Å²) in [5.74, 6) is 0.358. The smallest absolute Gasteiger partial charge is 0.465 e. The number of unbranched alkanes of at least 4 members (excludes halogenated alkanes) is 23. The van der Waals surface area contributed by atoms with Crippen molar-refractivity contribution >= 4 is 18.1 Å². The van der Waals surface area contributed by atoms with E-state index in [1.807, 2.05) is 0 Å². The molecule has 0 aromatic carbocycles. The fourth-order valence-electron chi connectivity index (χ4n) is 8.64. The second-order valence-corrected chi connectivity index (χ2v) is 19.3. The molecule has 0 aliphatic carbocycles. The maximum absolute atomic E-state index is 12.9. The number of likely N-dealkylation sites (N-methyl/N-ethyl adjacent to an activating group) is 1. The van der Waals surface area contributed by atoms with Crippen LogP contribution in [0.3, 0.4) is 0 Å². The van der Waals surface area contributed by atoms with Crippen LogP contribution in [0.25, 0.3) is 0 Å². The van der Waals surface area contributed by atoms with Gasteiger partial charge in [0.2, 0.25) is 0 Å². The molecule has 0 spiro atoms. The molecule has 0 aliphatic rings. The van der Waals surface area contributed by atoms with E-state index in [2.05, 4.69) is 63.5 Å². The van der Waals surface area contributed by atoms with E-state index in [4.69, 9.17) is 18.9 Å². The van der Waals surface area contributed by atoms with E-state index in [9.17, 15) is 14.4 Å². The van der Waals surface area contributed by atoms with Gasteiger partial charge in [-0.05, 0) is 96.1 Å². The van der Waals surface area contributed by atoms with E-state index in [1.54, 1.807) is 0 Å². The van der Waals surface area contributed by atoms with Gasteiger partial charge in [0.1, 0.15) is 19.3 Å². The zero-order valence-electron chi connectivity index (χ0n) is 44.7. The van der Waals surface area contributed by atoms with Crippen molar-refractivity contribution in [2.45, 2.75) is 272 Å². The average molecular weight is 936 g/mol. The van der Waals surface area contributed by atoms with Crippen molar-refractivity contribution in [2.75, 3.05) is 59.1 Å². The number of carbonyl (C=O) groups excluding carboxylic acids is 3. The van der Waals surface area contributed by atoms with Gasteiger partial charge in [-0.2, -0.15) is 0 Å². The molecular weight excluding hydrogens is 825 g/mol. The zero-order chi connectivity index (χ0) is 48.4. The van der Waals surface area contributed by atoms with Gasteiger partial charge in [-0.15, -0.1) is 0 Å². The van der Waals surface area contributed by atoms with Crippen LogP contribution in [-0.2, 0) is 28.5 Å². The average Bonchev–Trinajstić information content (AvgIpc) is 3.31. The summed E-state index contributed by atoms with van der Waals surface area (Å²) >= 11 is 0. The third-order valence-electron chi connectivity index (χ3n) is 13.3. The Morgan fingerprint density at radius 1 is 0.409 bits per heavy atom. The van der Waals surface area contributed by atoms with Crippen LogP contribution in [0.1, 0.15) is 266 Å². The first-order valence-electron chi connectivity index (χ1n) is 28.6. The summed E-state index contributed by atoms with van der Waals surface area (Å²) < 4.78 is 22.9. The zero-order valence-corrected chi connectivity index (χ0v) is 44.7. The summed E-state index contributed by atoms with van der Waals surface area (Å²) in [6.45, 7) is 19.3. The normalized spacial score (nSPS) is 12.6. The molecular formula is C57H110N2O7. The van der Waals surface area contributed by atoms with Gasteiger partial charge >= 0.3 is 18.1 Å². The molecule has 0 N–H and O–H groups in total. The van der Waals surface area contributed by atoms with Gasteiger partial charge in [0.25, 0.3) is 0 Å². The number of hydrogen-bond acceptors (Lipinski definition) is 9. The first-order valence-corrected chi connectivity index (χ1v) is 28.6. The number of ether oxygens (including phenoxy) is 4. The van der Waals surface area contributed by atoms with Gasteiger partial charge in [-0.3, -0.25) is 14.5 Å². The Morgan fingerprint density at radius 3 is 1.35 bits per heavy atom. The minimum Gasteiger partial charge on any atom is -0.465 e. The van der Waals surface area contributed by atoms with Crippen LogP contribution >= 0.6 is 0 Å². The van der Waals surface area contributed by atoms with Crippen LogP contribution in [0.4, 0.5) is 4.79 Å². The Hall–Kier alpha value is -2.13. The monoisotopic (exact) mass is 935 g/mol. The molecule has 0 radical (unpaired) electrons. The summed E-state index contributed by atoms with van der Waals surface area (Å²) in [6.07, 6.45) is 43.5. The summed E-state index contributed by atoms with van der Waals surface area (Å²) in [5, 5.41) is 0. The first kappa shape index (κ1) is 63.9. The van der Waals surface area contributed by atoms with E-state index >= 15 is 0 Å². The largest absolute Gasteiger partial charge is 0.508 e. The molecule has 0 saturated carbocycles. The second-order valence-electron chi connectivity index (χ2n) is 19.3. The highest BCUT2D eigenvalue weighted by molar-refractivity contribution is 5.69. The van der Waals surface area contributed by atoms with Crippen molar-refractivity contribution in [2.24, 2.45) is 5.92 Å². The molecule has 390 valence electrons. The van der Waals surface area contributed by atoms with Crippen LogP contribution < -0.4 is 0 Å². The maximum atomic E-state index is 12.9. The van der Waals surface area contributed by atoms with Crippen LogP contribution in [-0.4, -0.2) is 93.1 Å². The van der Waals surface area contributed by atoms with E-state index in [-0.39, 0.29) is 24.6 Å². The van der Waals surface area contributed by atoms with Gasteiger partial charge in [0.05, 0.1) is 6.61 Å². The molecule has 9 nitrogen and oxygen atoms in total. The van der Waals surface area contributed by atoms with Crippen molar-refractivity contribution in [3.8, 4) is 0 Å². The summed E-state index contributed by atoms with van der Waals surface area (Å²) in [4.78, 5) is 42.6. The van der Waals surface area contributed by atoms with E-state index in [0.29, 0.717) is 45.1 Å². The number of hydrogen-bond donors (Lipinski definition) is 0. The van der Waals surface area contributed by atoms with Crippen molar-refractivity contribution in [1.29, 1.82) is 0 Å². The number of allylic oxidation sites excluding steroid dienone is 2. The lowest BCUT2D eigenvalue weighted by Crippen LogP contribution is -2.39. The molecule has 0 aliphatic heterocycles. The molecule has 0 aromatic rings. The molecule has 0 heterocycles. The van der Waals surface area contributed by atoms with Gasteiger partial charge in [0, 0.05) is 39.0 Å². The molecule has 0 bridgehead atoms. The van der Waals surface area contributed by atoms with Gasteiger partial charge in [0.15, 0.2) is 0 Å². The minimum atomic E-state index is -0.578. The van der Waals surface area contributed by atoms with Crippen molar-refractivity contribution < 1.29 is 33.3 Å². The topological polar surface area (TPSA) is 94.6 Å². The summed E-state index contributed by atoms with van der Waals surface area (Å²) in [6, 6.07) is 0. The third-order valence-corrected chi connectivity index (χ3v) is 13.3. The predicted molar refractivity (Wildman–Crippen MR) is 279 cm³/mol. The minimum absolute atomic E-state index is 0.0348. The number of rotatable bonds is 51. The van der Waals surface area contributed by atoms with Gasteiger partial charge in [-0.25, -0.2) is 4.79 Å². The van der Waals surface area contributed by atoms with Crippen molar-refractivity contribution in [1.82, 2.24) is 9.80 Å². The van der Waals surface area contributed by atoms with Crippen molar-refractivity contribution in [3.05, 3.63) is 12.2 Å². The maximum Gasteiger partial charge on any atom is 0.508 e. The lowest BCUT2D eigenvalue weighted by molar-refractivity contribution is -0.145. The van der Waals surface area contributed by atoms with Crippen LogP contribution in [0, 0.1) is 5.92 Å². The van der Waals surface area contributed by atoms with E-state index < -0.39 is 6.16 Å². The summed E-state index contributed by atoms with van der Waals surface area (Å²) in [7, 11) is 0. The number of esters is 2. The molecule has 66 heavy (non-hydrogen) atoms. The second kappa shape index (κ2) is 50.7. The quantitative estimate of drug-likeness (QED) is 0.0256. The summed E-state index contributed by atoms with van der Waals surface area (Å²) in [5.41, 5.74) is 0. The Labute approximate surface area is 409 Å². The fourth-order valence-corrected chi connectivity index (χ4v) is 8.64. The molecule has 0 amide bonds. The van der Waals surface area contributed by atoms with Crippen LogP contribution in [0.15, 0.2) is 12.2 Å². The lowest BCUT2D eigenvalue weighted by atomic mass is 9.96. The number of carbonyl (C=O) groups is 3. The molecule has 9 heteroatoms. The molecule has 0 fully saturated rings. The Balaban J connectivity index is 4.52. The predicted octanol–water partition coefficient (Wildman–Crippen LogP) is 16.1. The Morgan fingerprint density at radius 2 is 0.818 bits per heavy atom. The van der Waals surface area contributed by atoms with Gasteiger partial charge in [-0.1, -0.05) is 189 Å². The Kier molecular flexibility index (Phi) is 49.1. The Bertz CT molecular complexity index is 1080. The number of nitrogens with zero attached hydrogens (tertiary/aromatic N) is 2. The first-order chi connectivity index (χ1) is 32.3. The highest BCUT2D eigenvalue weighted by atomic mass is 16.7. The van der Waals surface area contributed by atoms with Crippen LogP contribution in [0.2, 0.25) is 0 Å². The van der Waals surface area contributed by atoms with Crippen molar-refractivity contribution in [3.63, 3.8) is 0 Å². The lowest BCUT2D eigenvalue weighted by Gasteiger charge is -2.26.